The average molecular weight is 304 g/mol. The van der Waals surface area contributed by atoms with Gasteiger partial charge in [-0.25, -0.2) is 0 Å². The van der Waals surface area contributed by atoms with Gasteiger partial charge in [0.15, 0.2) is 4.77 Å². The second-order valence-electron chi connectivity index (χ2n) is 3.09. The van der Waals surface area contributed by atoms with Crippen molar-refractivity contribution >= 4 is 39.5 Å². The minimum absolute atomic E-state index is 0.691. The molecule has 0 radical (unpaired) electrons. The molecule has 1 N–H and O–H groups in total. The van der Waals surface area contributed by atoms with Crippen molar-refractivity contribution < 1.29 is 0 Å². The van der Waals surface area contributed by atoms with Crippen LogP contribution in [0, 0.1) is 4.77 Å². The summed E-state index contributed by atoms with van der Waals surface area (Å²) < 4.78 is 3.87. The molecule has 6 heteroatoms. The number of nitrogens with zero attached hydrogens (tertiary/aromatic N) is 2. The normalized spacial score (nSPS) is 10.8. The Bertz CT molecular complexity index is 511. The molecule has 3 nitrogen and oxygen atoms in total. The standard InChI is InChI=1S/C9H10BrN3S2/c1-2-8-11-12-9(14)13(8)5-6-3-4-7(10)15-6/h3-4H,2,5H2,1H3,(H,12,14). The third kappa shape index (κ3) is 2.38. The fraction of sp³-hybridized carbons (Fsp3) is 0.333. The SMILES string of the molecule is CCc1n[nH]c(=S)n1Cc1ccc(Br)s1. The van der Waals surface area contributed by atoms with E-state index in [1.807, 2.05) is 4.57 Å². The highest BCUT2D eigenvalue weighted by Crippen LogP contribution is 2.23. The maximum Gasteiger partial charge on any atom is 0.195 e. The Kier molecular flexibility index (Phi) is 3.38. The number of halogens is 1. The molecule has 2 heterocycles. The summed E-state index contributed by atoms with van der Waals surface area (Å²) in [4.78, 5) is 1.27. The van der Waals surface area contributed by atoms with Crippen LogP contribution in [0.25, 0.3) is 0 Å². The fourth-order valence-electron chi connectivity index (χ4n) is 1.38. The van der Waals surface area contributed by atoms with E-state index in [0.717, 1.165) is 22.6 Å². The number of nitrogens with one attached hydrogen (secondary N) is 1. The van der Waals surface area contributed by atoms with Crippen molar-refractivity contribution in [1.29, 1.82) is 0 Å². The van der Waals surface area contributed by atoms with Crippen molar-refractivity contribution in [2.24, 2.45) is 0 Å². The van der Waals surface area contributed by atoms with E-state index in [4.69, 9.17) is 12.2 Å². The molecule has 0 aliphatic carbocycles. The molecule has 0 spiro atoms. The Morgan fingerprint density at radius 3 is 3.00 bits per heavy atom. The van der Waals surface area contributed by atoms with Crippen molar-refractivity contribution in [3.05, 3.63) is 31.4 Å². The van der Waals surface area contributed by atoms with E-state index >= 15 is 0 Å². The Labute approximate surface area is 105 Å². The molecular formula is C9H10BrN3S2. The van der Waals surface area contributed by atoms with Crippen LogP contribution >= 0.6 is 39.5 Å². The van der Waals surface area contributed by atoms with E-state index in [9.17, 15) is 0 Å². The van der Waals surface area contributed by atoms with E-state index in [1.54, 1.807) is 11.3 Å². The number of aryl methyl sites for hydroxylation is 1. The summed E-state index contributed by atoms with van der Waals surface area (Å²) in [5.41, 5.74) is 0. The Balaban J connectivity index is 2.31. The van der Waals surface area contributed by atoms with Gasteiger partial charge in [-0.05, 0) is 40.3 Å². The van der Waals surface area contributed by atoms with Crippen LogP contribution in [0.1, 0.15) is 17.6 Å². The van der Waals surface area contributed by atoms with E-state index in [0.29, 0.717) is 4.77 Å². The predicted octanol–water partition coefficient (Wildman–Crippen LogP) is 3.38. The molecule has 15 heavy (non-hydrogen) atoms. The van der Waals surface area contributed by atoms with Gasteiger partial charge >= 0.3 is 0 Å². The van der Waals surface area contributed by atoms with Crippen molar-refractivity contribution in [3.63, 3.8) is 0 Å². The van der Waals surface area contributed by atoms with Gasteiger partial charge in [-0.2, -0.15) is 5.10 Å². The van der Waals surface area contributed by atoms with Gasteiger partial charge in [0.2, 0.25) is 0 Å². The van der Waals surface area contributed by atoms with Gasteiger partial charge in [0.05, 0.1) is 10.3 Å². The summed E-state index contributed by atoms with van der Waals surface area (Å²) in [7, 11) is 0. The average Bonchev–Trinajstić information content (AvgIpc) is 2.76. The smallest absolute Gasteiger partial charge is 0.195 e. The minimum atomic E-state index is 0.691. The van der Waals surface area contributed by atoms with Crippen molar-refractivity contribution in [2.75, 3.05) is 0 Å². The zero-order valence-electron chi connectivity index (χ0n) is 8.16. The summed E-state index contributed by atoms with van der Waals surface area (Å²) in [5.74, 6) is 1.00. The summed E-state index contributed by atoms with van der Waals surface area (Å²) in [5, 5.41) is 7.00. The van der Waals surface area contributed by atoms with E-state index < -0.39 is 0 Å². The molecule has 2 aromatic heterocycles. The zero-order valence-corrected chi connectivity index (χ0v) is 11.4. The lowest BCUT2D eigenvalue weighted by molar-refractivity contribution is 0.732. The first-order chi connectivity index (χ1) is 7.20. The first-order valence-corrected chi connectivity index (χ1v) is 6.60. The number of thiophene rings is 1. The zero-order chi connectivity index (χ0) is 10.8. The molecule has 0 atom stereocenters. The van der Waals surface area contributed by atoms with Gasteiger partial charge < -0.3 is 0 Å². The van der Waals surface area contributed by atoms with Crippen LogP contribution in [-0.4, -0.2) is 14.8 Å². The first-order valence-electron chi connectivity index (χ1n) is 4.59. The quantitative estimate of drug-likeness (QED) is 0.882. The maximum absolute atomic E-state index is 5.18. The Morgan fingerprint density at radius 1 is 1.60 bits per heavy atom. The second-order valence-corrected chi connectivity index (χ2v) is 6.02. The van der Waals surface area contributed by atoms with Gasteiger partial charge in [0, 0.05) is 11.3 Å². The van der Waals surface area contributed by atoms with Crippen molar-refractivity contribution in [1.82, 2.24) is 14.8 Å². The molecule has 80 valence electrons. The molecule has 0 fully saturated rings. The monoisotopic (exact) mass is 303 g/mol. The third-order valence-electron chi connectivity index (χ3n) is 2.10. The van der Waals surface area contributed by atoms with Crippen LogP contribution in [-0.2, 0) is 13.0 Å². The minimum Gasteiger partial charge on any atom is -0.299 e. The highest BCUT2D eigenvalue weighted by atomic mass is 79.9. The van der Waals surface area contributed by atoms with Crippen LogP contribution in [0.3, 0.4) is 0 Å². The summed E-state index contributed by atoms with van der Waals surface area (Å²) >= 11 is 10.4. The molecule has 0 aliphatic heterocycles. The molecule has 2 rings (SSSR count). The molecular weight excluding hydrogens is 294 g/mol. The molecule has 0 bridgehead atoms. The lowest BCUT2D eigenvalue weighted by Crippen LogP contribution is -2.03. The first kappa shape index (κ1) is 11.0. The highest BCUT2D eigenvalue weighted by molar-refractivity contribution is 9.11. The Hall–Kier alpha value is -0.460. The van der Waals surface area contributed by atoms with Crippen LogP contribution in [0.15, 0.2) is 15.9 Å². The number of aromatic amines is 1. The molecule has 0 amide bonds. The van der Waals surface area contributed by atoms with Gasteiger partial charge in [-0.15, -0.1) is 11.3 Å². The van der Waals surface area contributed by atoms with Crippen molar-refractivity contribution in [2.45, 2.75) is 19.9 Å². The lowest BCUT2D eigenvalue weighted by atomic mass is 10.4. The number of rotatable bonds is 3. The predicted molar refractivity (Wildman–Crippen MR) is 67.9 cm³/mol. The second kappa shape index (κ2) is 4.59. The van der Waals surface area contributed by atoms with Gasteiger partial charge in [0.1, 0.15) is 5.82 Å². The molecule has 0 aromatic carbocycles. The van der Waals surface area contributed by atoms with Crippen LogP contribution in [0.5, 0.6) is 0 Å². The molecule has 2 aromatic rings. The summed E-state index contributed by atoms with van der Waals surface area (Å²) in [6, 6.07) is 4.15. The number of hydrogen-bond acceptors (Lipinski definition) is 3. The van der Waals surface area contributed by atoms with Gasteiger partial charge in [-0.1, -0.05) is 6.92 Å². The number of hydrogen-bond donors (Lipinski definition) is 1. The van der Waals surface area contributed by atoms with Crippen LogP contribution in [0.2, 0.25) is 0 Å². The molecule has 0 aliphatic rings. The Morgan fingerprint density at radius 2 is 2.40 bits per heavy atom. The largest absolute Gasteiger partial charge is 0.299 e. The van der Waals surface area contributed by atoms with Crippen LogP contribution in [0.4, 0.5) is 0 Å². The lowest BCUT2D eigenvalue weighted by Gasteiger charge is -2.02. The highest BCUT2D eigenvalue weighted by Gasteiger charge is 2.05. The molecule has 0 unspecified atom stereocenters. The molecule has 0 saturated heterocycles. The third-order valence-corrected chi connectivity index (χ3v) is 4.02. The van der Waals surface area contributed by atoms with E-state index in [1.165, 1.54) is 4.88 Å². The summed E-state index contributed by atoms with van der Waals surface area (Å²) in [6.45, 7) is 2.88. The maximum atomic E-state index is 5.18. The van der Waals surface area contributed by atoms with Crippen molar-refractivity contribution in [3.8, 4) is 0 Å². The van der Waals surface area contributed by atoms with E-state index in [-0.39, 0.29) is 0 Å². The van der Waals surface area contributed by atoms with E-state index in [2.05, 4.69) is 45.2 Å². The van der Waals surface area contributed by atoms with Crippen LogP contribution < -0.4 is 0 Å². The topological polar surface area (TPSA) is 33.6 Å². The summed E-state index contributed by atoms with van der Waals surface area (Å²) in [6.07, 6.45) is 0.889. The van der Waals surface area contributed by atoms with Gasteiger partial charge in [0.25, 0.3) is 0 Å². The fourth-order valence-corrected chi connectivity index (χ4v) is 3.06. The van der Waals surface area contributed by atoms with Gasteiger partial charge in [-0.3, -0.25) is 9.67 Å². The molecule has 0 saturated carbocycles. The number of H-pyrrole nitrogens is 1. The number of aromatic nitrogens is 3.